The zero-order valence-corrected chi connectivity index (χ0v) is 12.1. The van der Waals surface area contributed by atoms with E-state index in [0.29, 0.717) is 12.4 Å². The molecule has 0 aliphatic rings. The van der Waals surface area contributed by atoms with Gasteiger partial charge in [-0.1, -0.05) is 34.1 Å². The minimum Gasteiger partial charge on any atom is -0.465 e. The summed E-state index contributed by atoms with van der Waals surface area (Å²) >= 11 is 5.11. The fraction of sp³-hybridized carbons (Fsp3) is 0.417. The molecule has 17 heavy (non-hydrogen) atoms. The molecule has 0 saturated carbocycles. The summed E-state index contributed by atoms with van der Waals surface area (Å²) in [6.07, 6.45) is 0. The van der Waals surface area contributed by atoms with Crippen LogP contribution in [0, 0.1) is 0 Å². The van der Waals surface area contributed by atoms with Gasteiger partial charge in [-0.2, -0.15) is 11.8 Å². The first-order chi connectivity index (χ1) is 8.15. The Bertz CT molecular complexity index is 373. The summed E-state index contributed by atoms with van der Waals surface area (Å²) < 4.78 is 5.92. The van der Waals surface area contributed by atoms with Gasteiger partial charge in [-0.15, -0.1) is 0 Å². The van der Waals surface area contributed by atoms with Gasteiger partial charge in [0.05, 0.1) is 6.61 Å². The Hall–Kier alpha value is -0.520. The molecular formula is C12H16BrNO2S. The van der Waals surface area contributed by atoms with Crippen molar-refractivity contribution in [3.05, 3.63) is 34.3 Å². The molecule has 1 rings (SSSR count). The van der Waals surface area contributed by atoms with E-state index in [0.717, 1.165) is 10.2 Å². The number of carbonyl (C=O) groups is 1. The van der Waals surface area contributed by atoms with Crippen LogP contribution in [0.25, 0.3) is 0 Å². The van der Waals surface area contributed by atoms with Crippen LogP contribution in [0.5, 0.6) is 0 Å². The minimum atomic E-state index is -0.539. The fourth-order valence-corrected chi connectivity index (χ4v) is 2.82. The lowest BCUT2D eigenvalue weighted by Gasteiger charge is -2.10. The van der Waals surface area contributed by atoms with Crippen molar-refractivity contribution in [2.45, 2.75) is 18.7 Å². The Balaban J connectivity index is 2.33. The molecule has 0 radical (unpaired) electrons. The van der Waals surface area contributed by atoms with Gasteiger partial charge >= 0.3 is 5.97 Å². The SMILES string of the molecule is CCOC(=O)C(N)CSCc1ccccc1Br. The molecule has 0 spiro atoms. The predicted octanol–water partition coefficient (Wildman–Crippen LogP) is 2.57. The summed E-state index contributed by atoms with van der Waals surface area (Å²) in [7, 11) is 0. The van der Waals surface area contributed by atoms with Crippen LogP contribution in [0.15, 0.2) is 28.7 Å². The number of rotatable bonds is 6. The summed E-state index contributed by atoms with van der Waals surface area (Å²) in [4.78, 5) is 11.3. The number of hydrogen-bond acceptors (Lipinski definition) is 4. The number of benzene rings is 1. The van der Waals surface area contributed by atoms with Gasteiger partial charge < -0.3 is 10.5 Å². The molecule has 1 atom stereocenters. The highest BCUT2D eigenvalue weighted by atomic mass is 79.9. The van der Waals surface area contributed by atoms with Gasteiger partial charge in [0, 0.05) is 16.0 Å². The van der Waals surface area contributed by atoms with Gasteiger partial charge in [0.15, 0.2) is 0 Å². The van der Waals surface area contributed by atoms with Crippen molar-refractivity contribution in [1.82, 2.24) is 0 Å². The van der Waals surface area contributed by atoms with Crippen LogP contribution in [-0.2, 0) is 15.3 Å². The van der Waals surface area contributed by atoms with E-state index >= 15 is 0 Å². The van der Waals surface area contributed by atoms with E-state index in [1.807, 2.05) is 24.3 Å². The highest BCUT2D eigenvalue weighted by Gasteiger charge is 2.14. The van der Waals surface area contributed by atoms with Crippen LogP contribution in [0.3, 0.4) is 0 Å². The normalized spacial score (nSPS) is 12.2. The van der Waals surface area contributed by atoms with E-state index in [9.17, 15) is 4.79 Å². The Labute approximate surface area is 114 Å². The maximum atomic E-state index is 11.3. The van der Waals surface area contributed by atoms with Crippen LogP contribution in [0.4, 0.5) is 0 Å². The van der Waals surface area contributed by atoms with E-state index in [1.165, 1.54) is 5.56 Å². The second-order valence-electron chi connectivity index (χ2n) is 3.47. The third kappa shape index (κ3) is 5.10. The first-order valence-electron chi connectivity index (χ1n) is 5.38. The number of hydrogen-bond donors (Lipinski definition) is 1. The Morgan fingerprint density at radius 1 is 1.53 bits per heavy atom. The topological polar surface area (TPSA) is 52.3 Å². The lowest BCUT2D eigenvalue weighted by molar-refractivity contribution is -0.144. The number of carbonyl (C=O) groups excluding carboxylic acids is 1. The van der Waals surface area contributed by atoms with Crippen LogP contribution in [0.2, 0.25) is 0 Å². The van der Waals surface area contributed by atoms with Crippen molar-refractivity contribution in [3.63, 3.8) is 0 Å². The Morgan fingerprint density at radius 2 is 2.24 bits per heavy atom. The number of esters is 1. The zero-order chi connectivity index (χ0) is 12.7. The molecule has 0 aromatic heterocycles. The van der Waals surface area contributed by atoms with Crippen LogP contribution >= 0.6 is 27.7 Å². The molecule has 1 aromatic carbocycles. The lowest BCUT2D eigenvalue weighted by Crippen LogP contribution is -2.34. The maximum Gasteiger partial charge on any atom is 0.323 e. The van der Waals surface area contributed by atoms with E-state index in [1.54, 1.807) is 18.7 Å². The maximum absolute atomic E-state index is 11.3. The number of halogens is 1. The quantitative estimate of drug-likeness (QED) is 0.819. The van der Waals surface area contributed by atoms with Crippen LogP contribution in [0.1, 0.15) is 12.5 Å². The van der Waals surface area contributed by atoms with Crippen LogP contribution in [-0.4, -0.2) is 24.4 Å². The number of ether oxygens (including phenoxy) is 1. The number of nitrogens with two attached hydrogens (primary N) is 1. The molecular weight excluding hydrogens is 302 g/mol. The second-order valence-corrected chi connectivity index (χ2v) is 5.35. The molecule has 0 aliphatic carbocycles. The van der Waals surface area contributed by atoms with E-state index in [4.69, 9.17) is 10.5 Å². The summed E-state index contributed by atoms with van der Waals surface area (Å²) in [5.41, 5.74) is 6.90. The smallest absolute Gasteiger partial charge is 0.323 e. The zero-order valence-electron chi connectivity index (χ0n) is 9.69. The van der Waals surface area contributed by atoms with Crippen molar-refractivity contribution < 1.29 is 9.53 Å². The first kappa shape index (κ1) is 14.5. The Kier molecular flexibility index (Phi) is 6.62. The van der Waals surface area contributed by atoms with Gasteiger partial charge in [0.1, 0.15) is 6.04 Å². The van der Waals surface area contributed by atoms with Crippen molar-refractivity contribution in [3.8, 4) is 0 Å². The monoisotopic (exact) mass is 317 g/mol. The molecule has 0 fully saturated rings. The molecule has 1 aromatic rings. The third-order valence-corrected chi connectivity index (χ3v) is 3.99. The second kappa shape index (κ2) is 7.74. The molecule has 0 aliphatic heterocycles. The van der Waals surface area contributed by atoms with Gasteiger partial charge in [-0.25, -0.2) is 0 Å². The standard InChI is InChI=1S/C12H16BrNO2S/c1-2-16-12(15)11(14)8-17-7-9-5-3-4-6-10(9)13/h3-6,11H,2,7-8,14H2,1H3. The molecule has 0 heterocycles. The predicted molar refractivity (Wildman–Crippen MR) is 74.9 cm³/mol. The first-order valence-corrected chi connectivity index (χ1v) is 7.33. The van der Waals surface area contributed by atoms with Gasteiger partial charge in [-0.3, -0.25) is 4.79 Å². The molecule has 3 nitrogen and oxygen atoms in total. The van der Waals surface area contributed by atoms with Crippen molar-refractivity contribution >= 4 is 33.7 Å². The molecule has 0 bridgehead atoms. The van der Waals surface area contributed by atoms with E-state index < -0.39 is 6.04 Å². The molecule has 94 valence electrons. The molecule has 5 heteroatoms. The van der Waals surface area contributed by atoms with E-state index in [-0.39, 0.29) is 5.97 Å². The van der Waals surface area contributed by atoms with E-state index in [2.05, 4.69) is 15.9 Å². The van der Waals surface area contributed by atoms with Gasteiger partial charge in [0.2, 0.25) is 0 Å². The van der Waals surface area contributed by atoms with Crippen molar-refractivity contribution in [2.24, 2.45) is 5.73 Å². The average molecular weight is 318 g/mol. The summed E-state index contributed by atoms with van der Waals surface area (Å²) in [6.45, 7) is 2.15. The minimum absolute atomic E-state index is 0.327. The summed E-state index contributed by atoms with van der Waals surface area (Å²) in [6, 6.07) is 7.48. The average Bonchev–Trinajstić information content (AvgIpc) is 2.31. The molecule has 2 N–H and O–H groups in total. The molecule has 1 unspecified atom stereocenters. The van der Waals surface area contributed by atoms with Gasteiger partial charge in [-0.05, 0) is 18.6 Å². The largest absolute Gasteiger partial charge is 0.465 e. The molecule has 0 amide bonds. The summed E-state index contributed by atoms with van der Waals surface area (Å²) in [5, 5.41) is 0. The Morgan fingerprint density at radius 3 is 2.88 bits per heavy atom. The summed E-state index contributed by atoms with van der Waals surface area (Å²) in [5.74, 6) is 1.07. The highest BCUT2D eigenvalue weighted by molar-refractivity contribution is 9.10. The molecule has 0 saturated heterocycles. The lowest BCUT2D eigenvalue weighted by atomic mass is 10.2. The third-order valence-electron chi connectivity index (χ3n) is 2.10. The van der Waals surface area contributed by atoms with Crippen LogP contribution < -0.4 is 5.73 Å². The number of thioether (sulfide) groups is 1. The highest BCUT2D eigenvalue weighted by Crippen LogP contribution is 2.21. The fourth-order valence-electron chi connectivity index (χ4n) is 1.23. The van der Waals surface area contributed by atoms with Crippen molar-refractivity contribution in [2.75, 3.05) is 12.4 Å². The van der Waals surface area contributed by atoms with Crippen molar-refractivity contribution in [1.29, 1.82) is 0 Å². The van der Waals surface area contributed by atoms with Gasteiger partial charge in [0.25, 0.3) is 0 Å².